The van der Waals surface area contributed by atoms with E-state index in [9.17, 15) is 9.59 Å². The van der Waals surface area contributed by atoms with Crippen LogP contribution in [0.4, 0.5) is 0 Å². The van der Waals surface area contributed by atoms with Crippen molar-refractivity contribution in [3.63, 3.8) is 0 Å². The van der Waals surface area contributed by atoms with Crippen LogP contribution in [0.2, 0.25) is 0 Å². The number of hydrogen-bond donors (Lipinski definition) is 0. The number of carbonyl (C=O) groups excluding carboxylic acids is 2. The van der Waals surface area contributed by atoms with E-state index < -0.39 is 11.9 Å². The fourth-order valence-corrected chi connectivity index (χ4v) is 8.92. The minimum Gasteiger partial charge on any atom is -0.465 e. The summed E-state index contributed by atoms with van der Waals surface area (Å²) in [4.78, 5) is 25.4. The van der Waals surface area contributed by atoms with Gasteiger partial charge >= 0.3 is 11.9 Å². The second-order valence-corrected chi connectivity index (χ2v) is 11.4. The van der Waals surface area contributed by atoms with Gasteiger partial charge in [-0.3, -0.25) is 0 Å². The first-order valence-corrected chi connectivity index (χ1v) is 13.0. The van der Waals surface area contributed by atoms with E-state index in [0.29, 0.717) is 9.81 Å². The molecule has 2 atom stereocenters. The third-order valence-electron chi connectivity index (χ3n) is 4.15. The molecule has 0 unspecified atom stereocenters. The van der Waals surface area contributed by atoms with Crippen LogP contribution in [-0.4, -0.2) is 35.3 Å². The minimum absolute atomic E-state index is 0.0754. The molecular formula is C22H22O4S4. The van der Waals surface area contributed by atoms with Crippen LogP contribution in [-0.2, 0) is 30.6 Å². The fraction of sp³-hybridized carbons (Fsp3) is 0.273. The van der Waals surface area contributed by atoms with Gasteiger partial charge in [0.2, 0.25) is 0 Å². The number of ether oxygens (including phenoxy) is 2. The topological polar surface area (TPSA) is 52.6 Å². The number of carbonyl (C=O) groups is 2. The number of thioether (sulfide) groups is 4. The molecule has 0 radical (unpaired) electrons. The smallest absolute Gasteiger partial charge is 0.345 e. The third kappa shape index (κ3) is 6.26. The van der Waals surface area contributed by atoms with Crippen molar-refractivity contribution in [2.45, 2.75) is 20.7 Å². The van der Waals surface area contributed by atoms with Crippen LogP contribution < -0.4 is 0 Å². The molecule has 3 rings (SSSR count). The van der Waals surface area contributed by atoms with Gasteiger partial charge in [0.25, 0.3) is 0 Å². The molecule has 0 bridgehead atoms. The summed E-state index contributed by atoms with van der Waals surface area (Å²) in [5.74, 6) is 0.655. The van der Waals surface area contributed by atoms with E-state index in [1.807, 2.05) is 36.4 Å². The maximum atomic E-state index is 12.4. The quantitative estimate of drug-likeness (QED) is 0.458. The molecule has 0 amide bonds. The lowest BCUT2D eigenvalue weighted by Gasteiger charge is -2.31. The Morgan fingerprint density at radius 3 is 1.43 bits per heavy atom. The van der Waals surface area contributed by atoms with Gasteiger partial charge in [0.15, 0.2) is 0 Å². The van der Waals surface area contributed by atoms with Crippen LogP contribution in [0.5, 0.6) is 0 Å². The summed E-state index contributed by atoms with van der Waals surface area (Å²) in [5, 5.41) is 0. The first kappa shape index (κ1) is 23.2. The van der Waals surface area contributed by atoms with Crippen LogP contribution in [0.1, 0.15) is 11.1 Å². The highest BCUT2D eigenvalue weighted by Crippen LogP contribution is 2.52. The number of esters is 2. The monoisotopic (exact) mass is 478 g/mol. The molecule has 0 saturated carbocycles. The highest BCUT2D eigenvalue weighted by Gasteiger charge is 2.38. The van der Waals surface area contributed by atoms with E-state index in [1.54, 1.807) is 23.5 Å². The Bertz CT molecular complexity index is 813. The fourth-order valence-electron chi connectivity index (χ4n) is 2.65. The Morgan fingerprint density at radius 2 is 1.10 bits per heavy atom. The highest BCUT2D eigenvalue weighted by atomic mass is 32.2. The molecule has 0 aromatic heterocycles. The van der Waals surface area contributed by atoms with E-state index in [2.05, 4.69) is 24.3 Å². The predicted molar refractivity (Wildman–Crippen MR) is 129 cm³/mol. The Kier molecular flexibility index (Phi) is 9.11. The maximum absolute atomic E-state index is 12.4. The molecule has 30 heavy (non-hydrogen) atoms. The van der Waals surface area contributed by atoms with Gasteiger partial charge in [-0.25, -0.2) is 9.59 Å². The van der Waals surface area contributed by atoms with E-state index in [-0.39, 0.29) is 9.16 Å². The number of methoxy groups -OCH3 is 2. The first-order chi connectivity index (χ1) is 14.6. The maximum Gasteiger partial charge on any atom is 0.345 e. The van der Waals surface area contributed by atoms with Gasteiger partial charge in [-0.1, -0.05) is 60.7 Å². The lowest BCUT2D eigenvalue weighted by molar-refractivity contribution is -0.138. The lowest BCUT2D eigenvalue weighted by atomic mass is 10.2. The second kappa shape index (κ2) is 11.8. The molecule has 4 nitrogen and oxygen atoms in total. The zero-order chi connectivity index (χ0) is 21.3. The average molecular weight is 479 g/mol. The van der Waals surface area contributed by atoms with Crippen LogP contribution in [0, 0.1) is 0 Å². The molecule has 0 aliphatic carbocycles. The summed E-state index contributed by atoms with van der Waals surface area (Å²) < 4.78 is 10.0. The van der Waals surface area contributed by atoms with Crippen molar-refractivity contribution in [3.05, 3.63) is 81.6 Å². The molecule has 158 valence electrons. The summed E-state index contributed by atoms with van der Waals surface area (Å²) >= 11 is 6.36. The standard InChI is InChI=1S/C22H22O4S4/c1-25-19(23)17-18(20(24)26-2)30-22(28-14-16-11-7-4-8-12-16)21(29-17)27-13-15-9-5-3-6-10-15/h3-12,21-22H,13-14H2,1-2H3/t21-,22-/m1/s1. The van der Waals surface area contributed by atoms with Crippen molar-refractivity contribution in [3.8, 4) is 0 Å². The Balaban J connectivity index is 1.81. The summed E-state index contributed by atoms with van der Waals surface area (Å²) in [6.07, 6.45) is 0. The molecule has 1 heterocycles. The average Bonchev–Trinajstić information content (AvgIpc) is 2.81. The van der Waals surface area contributed by atoms with E-state index in [0.717, 1.165) is 11.5 Å². The van der Waals surface area contributed by atoms with Gasteiger partial charge < -0.3 is 9.47 Å². The number of hydrogen-bond acceptors (Lipinski definition) is 8. The van der Waals surface area contributed by atoms with Crippen molar-refractivity contribution in [2.75, 3.05) is 14.2 Å². The summed E-state index contributed by atoms with van der Waals surface area (Å²) in [6, 6.07) is 20.5. The number of benzene rings is 2. The SMILES string of the molecule is COC(=O)C1=C(C(=O)OC)S[C@@H](SCc2ccccc2)[C@H](SCc2ccccc2)S1. The summed E-state index contributed by atoms with van der Waals surface area (Å²) in [5.41, 5.74) is 2.45. The molecule has 0 fully saturated rings. The normalized spacial score (nSPS) is 18.7. The van der Waals surface area contributed by atoms with E-state index in [4.69, 9.17) is 9.47 Å². The summed E-state index contributed by atoms with van der Waals surface area (Å²) in [7, 11) is 2.66. The molecule has 2 aromatic rings. The van der Waals surface area contributed by atoms with Gasteiger partial charge in [-0.05, 0) is 11.1 Å². The van der Waals surface area contributed by atoms with Gasteiger partial charge in [0.05, 0.1) is 23.4 Å². The van der Waals surface area contributed by atoms with E-state index in [1.165, 1.54) is 48.9 Å². The molecule has 8 heteroatoms. The zero-order valence-corrected chi connectivity index (χ0v) is 19.9. The van der Waals surface area contributed by atoms with Crippen molar-refractivity contribution in [1.82, 2.24) is 0 Å². The van der Waals surface area contributed by atoms with Crippen molar-refractivity contribution in [2.24, 2.45) is 0 Å². The minimum atomic E-state index is -0.496. The van der Waals surface area contributed by atoms with Crippen molar-refractivity contribution >= 4 is 59.0 Å². The van der Waals surface area contributed by atoms with Crippen molar-refractivity contribution in [1.29, 1.82) is 0 Å². The Hall–Kier alpha value is -1.48. The molecule has 2 aromatic carbocycles. The van der Waals surface area contributed by atoms with Crippen LogP contribution >= 0.6 is 47.0 Å². The lowest BCUT2D eigenvalue weighted by Crippen LogP contribution is -2.24. The van der Waals surface area contributed by atoms with Crippen LogP contribution in [0.25, 0.3) is 0 Å². The zero-order valence-electron chi connectivity index (χ0n) is 16.6. The first-order valence-electron chi connectivity index (χ1n) is 9.17. The van der Waals surface area contributed by atoms with Gasteiger partial charge in [-0.15, -0.1) is 47.0 Å². The largest absolute Gasteiger partial charge is 0.465 e. The second-order valence-electron chi connectivity index (χ2n) is 6.21. The van der Waals surface area contributed by atoms with Gasteiger partial charge in [0.1, 0.15) is 9.81 Å². The third-order valence-corrected chi connectivity index (χ3v) is 10.8. The predicted octanol–water partition coefficient (Wildman–Crippen LogP) is 5.54. The molecule has 0 saturated heterocycles. The molecule has 1 aliphatic heterocycles. The molecule has 1 aliphatic rings. The van der Waals surface area contributed by atoms with E-state index >= 15 is 0 Å². The molecular weight excluding hydrogens is 457 g/mol. The molecule has 0 N–H and O–H groups in total. The molecule has 0 spiro atoms. The van der Waals surface area contributed by atoms with Crippen LogP contribution in [0.15, 0.2) is 70.5 Å². The Morgan fingerprint density at radius 1 is 0.733 bits per heavy atom. The summed E-state index contributed by atoms with van der Waals surface area (Å²) in [6.45, 7) is 0. The van der Waals surface area contributed by atoms with Crippen LogP contribution in [0.3, 0.4) is 0 Å². The van der Waals surface area contributed by atoms with Crippen molar-refractivity contribution < 1.29 is 19.1 Å². The van der Waals surface area contributed by atoms with Gasteiger partial charge in [0, 0.05) is 11.5 Å². The van der Waals surface area contributed by atoms with Gasteiger partial charge in [-0.2, -0.15) is 0 Å². The number of rotatable bonds is 8. The Labute approximate surface area is 193 Å². The highest BCUT2D eigenvalue weighted by molar-refractivity contribution is 8.27.